The maximum absolute atomic E-state index is 14.8. The molecule has 0 aliphatic carbocycles. The Bertz CT molecular complexity index is 1070. The number of nitrogens with one attached hydrogen (secondary N) is 1. The summed E-state index contributed by atoms with van der Waals surface area (Å²) < 4.78 is 25.2. The van der Waals surface area contributed by atoms with E-state index in [1.54, 1.807) is 39.0 Å². The zero-order valence-electron chi connectivity index (χ0n) is 18.9. The van der Waals surface area contributed by atoms with Gasteiger partial charge in [-0.1, -0.05) is 30.3 Å². The van der Waals surface area contributed by atoms with Crippen molar-refractivity contribution in [2.75, 3.05) is 17.8 Å². The van der Waals surface area contributed by atoms with Crippen molar-refractivity contribution in [1.29, 1.82) is 0 Å². The zero-order chi connectivity index (χ0) is 24.3. The summed E-state index contributed by atoms with van der Waals surface area (Å²) >= 11 is 7.28. The standard InChI is InChI=1S/C24H26ClFN2O4S/c1-14(31-5)17-10-20-21(11-18(17)26)33-13-19(27-23(30)32-24(2,3)4)22(29)28(20)12-15-6-8-16(25)9-7-15/h6-11,19H,1,12-13H2,2-5H3,(H,27,30)/t19-/m0/s1. The Balaban J connectivity index is 2.01. The lowest BCUT2D eigenvalue weighted by Crippen LogP contribution is -2.50. The first-order valence-electron chi connectivity index (χ1n) is 10.2. The quantitative estimate of drug-likeness (QED) is 0.548. The van der Waals surface area contributed by atoms with Crippen LogP contribution >= 0.6 is 23.4 Å². The van der Waals surface area contributed by atoms with E-state index in [1.807, 2.05) is 12.1 Å². The molecule has 1 atom stereocenters. The molecule has 1 N–H and O–H groups in total. The van der Waals surface area contributed by atoms with Crippen molar-refractivity contribution in [1.82, 2.24) is 5.32 Å². The molecule has 0 spiro atoms. The van der Waals surface area contributed by atoms with Crippen LogP contribution in [0.4, 0.5) is 14.9 Å². The number of ether oxygens (including phenoxy) is 2. The molecule has 3 rings (SSSR count). The van der Waals surface area contributed by atoms with E-state index in [0.29, 0.717) is 15.6 Å². The highest BCUT2D eigenvalue weighted by atomic mass is 35.5. The molecular weight excluding hydrogens is 467 g/mol. The van der Waals surface area contributed by atoms with E-state index in [1.165, 1.54) is 29.8 Å². The first-order chi connectivity index (χ1) is 15.5. The van der Waals surface area contributed by atoms with E-state index >= 15 is 0 Å². The van der Waals surface area contributed by atoms with Crippen LogP contribution in [0.15, 0.2) is 47.9 Å². The van der Waals surface area contributed by atoms with Crippen LogP contribution in [0.2, 0.25) is 5.02 Å². The Morgan fingerprint density at radius 2 is 1.97 bits per heavy atom. The minimum atomic E-state index is -0.873. The molecule has 2 aromatic rings. The van der Waals surface area contributed by atoms with Gasteiger partial charge in [0.1, 0.15) is 23.2 Å². The van der Waals surface area contributed by atoms with E-state index < -0.39 is 23.6 Å². The lowest BCUT2D eigenvalue weighted by Gasteiger charge is -2.27. The molecule has 6 nitrogen and oxygen atoms in total. The average molecular weight is 493 g/mol. The summed E-state index contributed by atoms with van der Waals surface area (Å²) in [6.07, 6.45) is -0.696. The molecule has 0 aromatic heterocycles. The molecular formula is C24H26ClFN2O4S. The third-order valence-corrected chi connectivity index (χ3v) is 6.19. The predicted molar refractivity (Wildman–Crippen MR) is 129 cm³/mol. The number of nitrogens with zero attached hydrogens (tertiary/aromatic N) is 1. The average Bonchev–Trinajstić information content (AvgIpc) is 2.85. The van der Waals surface area contributed by atoms with Crippen LogP contribution in [0.5, 0.6) is 0 Å². The number of thioether (sulfide) groups is 1. The van der Waals surface area contributed by atoms with Crippen LogP contribution < -0.4 is 10.2 Å². The van der Waals surface area contributed by atoms with Crippen molar-refractivity contribution in [3.63, 3.8) is 0 Å². The number of amides is 2. The number of carbonyl (C=O) groups is 2. The lowest BCUT2D eigenvalue weighted by atomic mass is 10.1. The molecule has 0 unspecified atom stereocenters. The number of benzene rings is 2. The molecule has 9 heteroatoms. The highest BCUT2D eigenvalue weighted by Crippen LogP contribution is 2.38. The SMILES string of the molecule is C=C(OC)c1cc2c(cc1F)SC[C@H](NC(=O)OC(C)(C)C)C(=O)N2Cc1ccc(Cl)cc1. The van der Waals surface area contributed by atoms with Gasteiger partial charge in [0.15, 0.2) is 0 Å². The normalized spacial score (nSPS) is 16.0. The second-order valence-electron chi connectivity index (χ2n) is 8.49. The van der Waals surface area contributed by atoms with Gasteiger partial charge in [-0.25, -0.2) is 9.18 Å². The zero-order valence-corrected chi connectivity index (χ0v) is 20.5. The van der Waals surface area contributed by atoms with Gasteiger partial charge in [-0.15, -0.1) is 11.8 Å². The fourth-order valence-corrected chi connectivity index (χ4v) is 4.44. The molecule has 1 heterocycles. The molecule has 0 saturated carbocycles. The summed E-state index contributed by atoms with van der Waals surface area (Å²) in [5, 5.41) is 3.23. The van der Waals surface area contributed by atoms with Crippen molar-refractivity contribution in [2.24, 2.45) is 0 Å². The number of carbonyl (C=O) groups excluding carboxylic acids is 2. The van der Waals surface area contributed by atoms with Gasteiger partial charge in [0.2, 0.25) is 0 Å². The Morgan fingerprint density at radius 3 is 2.58 bits per heavy atom. The number of fused-ring (bicyclic) bond motifs is 1. The van der Waals surface area contributed by atoms with Gasteiger partial charge in [-0.2, -0.15) is 0 Å². The van der Waals surface area contributed by atoms with Gasteiger partial charge in [-0.05, 0) is 50.6 Å². The van der Waals surface area contributed by atoms with Crippen molar-refractivity contribution in [2.45, 2.75) is 43.9 Å². The Morgan fingerprint density at radius 1 is 1.30 bits per heavy atom. The maximum atomic E-state index is 14.8. The van der Waals surface area contributed by atoms with Crippen molar-refractivity contribution in [3.8, 4) is 0 Å². The molecule has 1 aliphatic heterocycles. The monoisotopic (exact) mass is 492 g/mol. The van der Waals surface area contributed by atoms with Gasteiger partial charge in [0, 0.05) is 15.7 Å². The third-order valence-electron chi connectivity index (χ3n) is 4.80. The molecule has 0 radical (unpaired) electrons. The number of hydrogen-bond acceptors (Lipinski definition) is 5. The van der Waals surface area contributed by atoms with Crippen molar-refractivity contribution < 1.29 is 23.5 Å². The van der Waals surface area contributed by atoms with E-state index in [0.717, 1.165) is 5.56 Å². The highest BCUT2D eigenvalue weighted by molar-refractivity contribution is 7.99. The second kappa shape index (κ2) is 10.1. The van der Waals surface area contributed by atoms with Crippen LogP contribution in [-0.4, -0.2) is 36.5 Å². The largest absolute Gasteiger partial charge is 0.497 e. The summed E-state index contributed by atoms with van der Waals surface area (Å²) in [5.74, 6) is -0.494. The topological polar surface area (TPSA) is 67.9 Å². The van der Waals surface area contributed by atoms with Gasteiger partial charge >= 0.3 is 6.09 Å². The van der Waals surface area contributed by atoms with Crippen LogP contribution in [0, 0.1) is 5.82 Å². The van der Waals surface area contributed by atoms with Gasteiger partial charge in [0.25, 0.3) is 5.91 Å². The van der Waals surface area contributed by atoms with Crippen LogP contribution in [0.3, 0.4) is 0 Å². The minimum Gasteiger partial charge on any atom is -0.497 e. The fraction of sp³-hybridized carbons (Fsp3) is 0.333. The summed E-state index contributed by atoms with van der Waals surface area (Å²) in [4.78, 5) is 28.1. The minimum absolute atomic E-state index is 0.145. The number of alkyl carbamates (subject to hydrolysis) is 1. The summed E-state index contributed by atoms with van der Waals surface area (Å²) in [6, 6.07) is 9.11. The Labute approximate surface area is 202 Å². The third kappa shape index (κ3) is 6.21. The molecule has 176 valence electrons. The fourth-order valence-electron chi connectivity index (χ4n) is 3.23. The summed E-state index contributed by atoms with van der Waals surface area (Å²) in [7, 11) is 1.40. The molecule has 1 aliphatic rings. The second-order valence-corrected chi connectivity index (χ2v) is 9.99. The predicted octanol–water partition coefficient (Wildman–Crippen LogP) is 5.63. The molecule has 2 aromatic carbocycles. The van der Waals surface area contributed by atoms with E-state index in [-0.39, 0.29) is 29.5 Å². The maximum Gasteiger partial charge on any atom is 0.408 e. The van der Waals surface area contributed by atoms with Crippen molar-refractivity contribution in [3.05, 3.63) is 64.9 Å². The van der Waals surface area contributed by atoms with E-state index in [2.05, 4.69) is 11.9 Å². The highest BCUT2D eigenvalue weighted by Gasteiger charge is 2.34. The Hall–Kier alpha value is -2.71. The first-order valence-corrected chi connectivity index (χ1v) is 11.6. The first kappa shape index (κ1) is 24.9. The van der Waals surface area contributed by atoms with Crippen LogP contribution in [0.1, 0.15) is 31.9 Å². The van der Waals surface area contributed by atoms with Crippen LogP contribution in [0.25, 0.3) is 5.76 Å². The van der Waals surface area contributed by atoms with Crippen molar-refractivity contribution >= 4 is 46.8 Å². The number of methoxy groups -OCH3 is 1. The van der Waals surface area contributed by atoms with Gasteiger partial charge in [0.05, 0.1) is 24.9 Å². The molecule has 33 heavy (non-hydrogen) atoms. The molecule has 0 fully saturated rings. The van der Waals surface area contributed by atoms with Gasteiger partial charge < -0.3 is 19.7 Å². The van der Waals surface area contributed by atoms with E-state index in [9.17, 15) is 14.0 Å². The Kier molecular flexibility index (Phi) is 7.59. The smallest absolute Gasteiger partial charge is 0.408 e. The summed E-state index contributed by atoms with van der Waals surface area (Å²) in [6.45, 7) is 9.16. The van der Waals surface area contributed by atoms with E-state index in [4.69, 9.17) is 21.1 Å². The lowest BCUT2D eigenvalue weighted by molar-refractivity contribution is -0.120. The van der Waals surface area contributed by atoms with Crippen LogP contribution in [-0.2, 0) is 20.8 Å². The molecule has 0 saturated heterocycles. The molecule has 2 amide bonds. The number of halogens is 2. The summed E-state index contributed by atoms with van der Waals surface area (Å²) in [5.41, 5.74) is 0.764. The number of anilines is 1. The molecule has 0 bridgehead atoms. The van der Waals surface area contributed by atoms with Gasteiger partial charge in [-0.3, -0.25) is 4.79 Å². The number of rotatable bonds is 5. The number of hydrogen-bond donors (Lipinski definition) is 1.